The molecule has 37 heavy (non-hydrogen) atoms. The van der Waals surface area contributed by atoms with Gasteiger partial charge in [-0.15, -0.1) is 0 Å². The highest BCUT2D eigenvalue weighted by Crippen LogP contribution is 2.34. The summed E-state index contributed by atoms with van der Waals surface area (Å²) in [6, 6.07) is 22.5. The molecular formula is C30H30N4O3. The smallest absolute Gasteiger partial charge is 0.259 e. The van der Waals surface area contributed by atoms with E-state index in [2.05, 4.69) is 60.0 Å². The van der Waals surface area contributed by atoms with Crippen LogP contribution in [0, 0.1) is 20.8 Å². The third-order valence-corrected chi connectivity index (χ3v) is 7.24. The molecule has 0 unspecified atom stereocenters. The van der Waals surface area contributed by atoms with Gasteiger partial charge in [-0.25, -0.2) is 4.98 Å². The van der Waals surface area contributed by atoms with Crippen LogP contribution in [0.15, 0.2) is 71.5 Å². The first-order valence-corrected chi connectivity index (χ1v) is 12.6. The molecular weight excluding hydrogens is 464 g/mol. The highest BCUT2D eigenvalue weighted by molar-refractivity contribution is 5.60. The maximum Gasteiger partial charge on any atom is 0.259 e. The van der Waals surface area contributed by atoms with Crippen molar-refractivity contribution in [3.63, 3.8) is 0 Å². The maximum absolute atomic E-state index is 13.9. The molecule has 0 bridgehead atoms. The Bertz CT molecular complexity index is 1530. The molecule has 0 spiro atoms. The van der Waals surface area contributed by atoms with Gasteiger partial charge in [-0.1, -0.05) is 42.5 Å². The number of benzene rings is 3. The molecule has 0 amide bonds. The Morgan fingerprint density at radius 2 is 1.65 bits per heavy atom. The van der Waals surface area contributed by atoms with Crippen molar-refractivity contribution in [2.24, 2.45) is 0 Å². The van der Waals surface area contributed by atoms with Crippen LogP contribution in [0.1, 0.15) is 33.5 Å². The molecule has 0 radical (unpaired) electrons. The van der Waals surface area contributed by atoms with Gasteiger partial charge in [-0.05, 0) is 67.3 Å². The summed E-state index contributed by atoms with van der Waals surface area (Å²) in [5.41, 5.74) is 7.19. The van der Waals surface area contributed by atoms with E-state index in [1.54, 1.807) is 0 Å². The molecule has 2 aliphatic heterocycles. The lowest BCUT2D eigenvalue weighted by Gasteiger charge is -2.38. The molecule has 6 rings (SSSR count). The molecule has 7 heteroatoms. The molecule has 7 nitrogen and oxygen atoms in total. The average Bonchev–Trinajstić information content (AvgIpc) is 3.37. The zero-order valence-electron chi connectivity index (χ0n) is 21.4. The SMILES string of the molecule is Cc1ccc(N2CN(Cc3ccc4c(c3)OCO4)Cn3c2nc(C)c(Cc2ccccc2)c3=O)cc1C. The molecule has 4 aromatic rings. The lowest BCUT2D eigenvalue weighted by atomic mass is 10.0. The van der Waals surface area contributed by atoms with Crippen LogP contribution >= 0.6 is 0 Å². The molecule has 188 valence electrons. The van der Waals surface area contributed by atoms with E-state index in [1.807, 2.05) is 41.8 Å². The fraction of sp³-hybridized carbons (Fsp3) is 0.267. The van der Waals surface area contributed by atoms with Gasteiger partial charge in [0.1, 0.15) is 0 Å². The summed E-state index contributed by atoms with van der Waals surface area (Å²) in [6.45, 7) is 8.14. The van der Waals surface area contributed by atoms with Gasteiger partial charge in [0.15, 0.2) is 11.5 Å². The summed E-state index contributed by atoms with van der Waals surface area (Å²) in [6.07, 6.45) is 0.560. The zero-order valence-corrected chi connectivity index (χ0v) is 21.4. The Hall–Kier alpha value is -4.10. The van der Waals surface area contributed by atoms with E-state index in [-0.39, 0.29) is 12.4 Å². The van der Waals surface area contributed by atoms with E-state index < -0.39 is 0 Å². The second kappa shape index (κ2) is 9.41. The molecule has 0 saturated heterocycles. The Balaban J connectivity index is 1.41. The highest BCUT2D eigenvalue weighted by Gasteiger charge is 2.28. The van der Waals surface area contributed by atoms with Crippen LogP contribution in [0.2, 0.25) is 0 Å². The van der Waals surface area contributed by atoms with Crippen LogP contribution in [0.4, 0.5) is 11.6 Å². The first kappa shape index (κ1) is 23.3. The molecule has 0 N–H and O–H groups in total. The minimum atomic E-state index is 0.00979. The number of hydrogen-bond donors (Lipinski definition) is 0. The average molecular weight is 495 g/mol. The van der Waals surface area contributed by atoms with Crippen molar-refractivity contribution < 1.29 is 9.47 Å². The lowest BCUT2D eigenvalue weighted by Crippen LogP contribution is -2.47. The van der Waals surface area contributed by atoms with E-state index in [1.165, 1.54) is 11.1 Å². The van der Waals surface area contributed by atoms with Gasteiger partial charge >= 0.3 is 0 Å². The van der Waals surface area contributed by atoms with E-state index in [0.29, 0.717) is 32.3 Å². The first-order chi connectivity index (χ1) is 18.0. The molecule has 1 aromatic heterocycles. The number of hydrogen-bond acceptors (Lipinski definition) is 6. The molecule has 3 aromatic carbocycles. The number of aryl methyl sites for hydroxylation is 3. The summed E-state index contributed by atoms with van der Waals surface area (Å²) >= 11 is 0. The number of aromatic nitrogens is 2. The molecule has 0 fully saturated rings. The predicted octanol–water partition coefficient (Wildman–Crippen LogP) is 5.06. The summed E-state index contributed by atoms with van der Waals surface area (Å²) in [4.78, 5) is 23.3. The third kappa shape index (κ3) is 4.47. The normalized spacial score (nSPS) is 14.6. The number of anilines is 2. The van der Waals surface area contributed by atoms with E-state index >= 15 is 0 Å². The first-order valence-electron chi connectivity index (χ1n) is 12.6. The summed E-state index contributed by atoms with van der Waals surface area (Å²) in [7, 11) is 0. The number of fused-ring (bicyclic) bond motifs is 2. The number of rotatable bonds is 5. The maximum atomic E-state index is 13.9. The standard InChI is InChI=1S/C30H30N4O3/c1-20-9-11-25(13-21(20)2)33-17-32(16-24-10-12-27-28(15-24)37-19-36-27)18-34-29(35)26(22(3)31-30(33)34)14-23-7-5-4-6-8-23/h4-13,15H,14,16-19H2,1-3H3. The summed E-state index contributed by atoms with van der Waals surface area (Å²) < 4.78 is 12.9. The van der Waals surface area contributed by atoms with Crippen molar-refractivity contribution >= 4 is 11.6 Å². The van der Waals surface area contributed by atoms with E-state index in [4.69, 9.17) is 14.5 Å². The third-order valence-electron chi connectivity index (χ3n) is 7.24. The van der Waals surface area contributed by atoms with Crippen molar-refractivity contribution in [1.29, 1.82) is 0 Å². The van der Waals surface area contributed by atoms with Gasteiger partial charge in [0.2, 0.25) is 12.7 Å². The Morgan fingerprint density at radius 3 is 2.46 bits per heavy atom. The van der Waals surface area contributed by atoms with Gasteiger partial charge in [-0.2, -0.15) is 0 Å². The molecule has 0 atom stereocenters. The largest absolute Gasteiger partial charge is 0.454 e. The Labute approximate surface area is 216 Å². The van der Waals surface area contributed by atoms with Crippen LogP contribution in [0.3, 0.4) is 0 Å². The van der Waals surface area contributed by atoms with Crippen LogP contribution in [-0.2, 0) is 19.6 Å². The lowest BCUT2D eigenvalue weighted by molar-refractivity contribution is 0.173. The van der Waals surface area contributed by atoms with Crippen molar-refractivity contribution in [2.75, 3.05) is 18.4 Å². The van der Waals surface area contributed by atoms with Gasteiger partial charge in [0.25, 0.3) is 5.56 Å². The van der Waals surface area contributed by atoms with Gasteiger partial charge < -0.3 is 9.47 Å². The molecule has 0 aliphatic carbocycles. The van der Waals surface area contributed by atoms with Gasteiger partial charge in [0, 0.05) is 24.2 Å². The fourth-order valence-corrected chi connectivity index (χ4v) is 5.02. The van der Waals surface area contributed by atoms with Crippen molar-refractivity contribution in [3.05, 3.63) is 111 Å². The van der Waals surface area contributed by atoms with Crippen molar-refractivity contribution in [3.8, 4) is 11.5 Å². The fourth-order valence-electron chi connectivity index (χ4n) is 5.02. The van der Waals surface area contributed by atoms with Gasteiger partial charge in [0.05, 0.1) is 19.0 Å². The highest BCUT2D eigenvalue weighted by atomic mass is 16.7. The van der Waals surface area contributed by atoms with Gasteiger partial charge in [-0.3, -0.25) is 19.2 Å². The summed E-state index contributed by atoms with van der Waals surface area (Å²) in [5.74, 6) is 2.22. The van der Waals surface area contributed by atoms with Crippen LogP contribution in [0.5, 0.6) is 11.5 Å². The quantitative estimate of drug-likeness (QED) is 0.387. The second-order valence-corrected chi connectivity index (χ2v) is 9.87. The Kier molecular flexibility index (Phi) is 5.93. The minimum absolute atomic E-state index is 0.00979. The van der Waals surface area contributed by atoms with Crippen molar-refractivity contribution in [2.45, 2.75) is 40.4 Å². The topological polar surface area (TPSA) is 59.8 Å². The van der Waals surface area contributed by atoms with E-state index in [9.17, 15) is 4.79 Å². The van der Waals surface area contributed by atoms with E-state index in [0.717, 1.165) is 39.6 Å². The van der Waals surface area contributed by atoms with Crippen LogP contribution in [-0.4, -0.2) is 27.9 Å². The summed E-state index contributed by atoms with van der Waals surface area (Å²) in [5, 5.41) is 0. The number of ether oxygens (including phenoxy) is 2. The Morgan fingerprint density at radius 1 is 0.838 bits per heavy atom. The number of nitrogens with zero attached hydrogens (tertiary/aromatic N) is 4. The van der Waals surface area contributed by atoms with Crippen molar-refractivity contribution in [1.82, 2.24) is 14.5 Å². The van der Waals surface area contributed by atoms with Crippen LogP contribution in [0.25, 0.3) is 0 Å². The minimum Gasteiger partial charge on any atom is -0.454 e. The molecule has 0 saturated carbocycles. The molecule has 2 aliphatic rings. The monoisotopic (exact) mass is 494 g/mol. The zero-order chi connectivity index (χ0) is 25.5. The second-order valence-electron chi connectivity index (χ2n) is 9.87. The predicted molar refractivity (Wildman–Crippen MR) is 144 cm³/mol. The van der Waals surface area contributed by atoms with Crippen LogP contribution < -0.4 is 19.9 Å². The molecule has 3 heterocycles.